The van der Waals surface area contributed by atoms with Gasteiger partial charge >= 0.3 is 26.2 Å². The molecule has 0 fully saturated rings. The summed E-state index contributed by atoms with van der Waals surface area (Å²) >= 11 is 0. The van der Waals surface area contributed by atoms with E-state index in [1.807, 2.05) is 0 Å². The molecular weight excluding hydrogens is 599 g/mol. The van der Waals surface area contributed by atoms with Gasteiger partial charge in [-0.1, -0.05) is 117 Å². The molecule has 38 heavy (non-hydrogen) atoms. The van der Waals surface area contributed by atoms with Gasteiger partial charge in [0.15, 0.2) is 0 Å². The van der Waals surface area contributed by atoms with E-state index < -0.39 is 0 Å². The zero-order valence-corrected chi connectivity index (χ0v) is 30.7. The van der Waals surface area contributed by atoms with E-state index in [0.717, 1.165) is 9.52 Å². The summed E-state index contributed by atoms with van der Waals surface area (Å²) in [6.07, 6.45) is 0. The van der Waals surface area contributed by atoms with Gasteiger partial charge in [0.1, 0.15) is 0 Å². The van der Waals surface area contributed by atoms with Crippen LogP contribution in [0.15, 0.2) is 48.5 Å². The maximum atomic E-state index is 2.39. The van der Waals surface area contributed by atoms with Crippen LogP contribution in [0.5, 0.6) is 0 Å². The van der Waals surface area contributed by atoms with Crippen LogP contribution in [-0.4, -0.2) is 9.52 Å². The molecule has 0 aliphatic rings. The van der Waals surface area contributed by atoms with Crippen molar-refractivity contribution in [3.8, 4) is 0 Å². The average Bonchev–Trinajstić information content (AvgIpc) is 3.33. The molecule has 2 radical (unpaired) electrons. The topological polar surface area (TPSA) is 0 Å². The summed E-state index contributed by atoms with van der Waals surface area (Å²) in [5, 5.41) is 5.70. The summed E-state index contributed by atoms with van der Waals surface area (Å²) in [7, 11) is 1.08. The first-order chi connectivity index (χ1) is 16.4. The molecular formula is C34H48Cl2SiZr. The molecule has 4 heteroatoms. The summed E-state index contributed by atoms with van der Waals surface area (Å²) in [6, 6.07) is 18.7. The Balaban J connectivity index is 0. The van der Waals surface area contributed by atoms with Gasteiger partial charge in [-0.2, -0.15) is 12.1 Å². The smallest absolute Gasteiger partial charge is 1.00 e. The van der Waals surface area contributed by atoms with Gasteiger partial charge in [-0.25, -0.2) is 0 Å². The number of rotatable bonds is 4. The second-order valence-corrected chi connectivity index (χ2v) is 12.4. The fourth-order valence-electron chi connectivity index (χ4n) is 4.67. The molecule has 0 unspecified atom stereocenters. The van der Waals surface area contributed by atoms with Crippen LogP contribution in [0.1, 0.15) is 112 Å². The normalized spacial score (nSPS) is 10.5. The molecule has 0 atom stereocenters. The summed E-state index contributed by atoms with van der Waals surface area (Å²) in [5.41, 5.74) is 8.66. The van der Waals surface area contributed by atoms with Crippen molar-refractivity contribution in [2.24, 2.45) is 0 Å². The van der Waals surface area contributed by atoms with E-state index >= 15 is 0 Å². The molecule has 0 aromatic heterocycles. The molecule has 0 saturated heterocycles. The fraction of sp³-hybridized carbons (Fsp3) is 0.471. The Bertz CT molecular complexity index is 1130. The largest absolute Gasteiger partial charge is 4.00 e. The van der Waals surface area contributed by atoms with E-state index in [1.165, 1.54) is 54.9 Å². The molecule has 0 aliphatic heterocycles. The molecule has 4 aromatic carbocycles. The second-order valence-electron chi connectivity index (χ2n) is 11.4. The molecule has 0 heterocycles. The van der Waals surface area contributed by atoms with Gasteiger partial charge in [0.05, 0.1) is 0 Å². The Morgan fingerprint density at radius 1 is 0.526 bits per heavy atom. The van der Waals surface area contributed by atoms with Crippen molar-refractivity contribution < 1.29 is 51.0 Å². The van der Waals surface area contributed by atoms with Gasteiger partial charge in [-0.3, -0.25) is 0 Å². The number of halogens is 2. The quantitative estimate of drug-likeness (QED) is 0.216. The predicted octanol–water partition coefficient (Wildman–Crippen LogP) is 5.02. The van der Waals surface area contributed by atoms with Crippen LogP contribution in [0.2, 0.25) is 13.1 Å². The van der Waals surface area contributed by atoms with Crippen molar-refractivity contribution in [3.63, 3.8) is 0 Å². The Labute approximate surface area is 268 Å². The zero-order chi connectivity index (χ0) is 26.4. The molecule has 0 N–H and O–H groups in total. The Morgan fingerprint density at radius 2 is 0.816 bits per heavy atom. The van der Waals surface area contributed by atoms with Gasteiger partial charge in [-0.15, -0.1) is 56.9 Å². The van der Waals surface area contributed by atoms with Crippen LogP contribution in [-0.2, 0) is 26.2 Å². The van der Waals surface area contributed by atoms with E-state index in [9.17, 15) is 0 Å². The summed E-state index contributed by atoms with van der Waals surface area (Å²) in [6.45, 7) is 26.8. The molecule has 0 nitrogen and oxygen atoms in total. The molecule has 4 aromatic rings. The van der Waals surface area contributed by atoms with Crippen molar-refractivity contribution in [2.75, 3.05) is 0 Å². The SMILES string of the molecule is C[Si]C.Cc1cc2c(C(C)C)cc(C(C)C)cc2[cH-]1.Cc1cc2c(C(C)C)cc(C(C)C)cc2[cH-]1.[Cl-].[Cl-].[Zr+4]. The molecule has 206 valence electrons. The van der Waals surface area contributed by atoms with Crippen LogP contribution in [0.25, 0.3) is 21.5 Å². The van der Waals surface area contributed by atoms with E-state index in [-0.39, 0.29) is 51.0 Å². The van der Waals surface area contributed by atoms with Crippen molar-refractivity contribution in [1.29, 1.82) is 0 Å². The molecule has 0 amide bonds. The number of benzene rings is 2. The van der Waals surface area contributed by atoms with Crippen molar-refractivity contribution in [1.82, 2.24) is 0 Å². The summed E-state index contributed by atoms with van der Waals surface area (Å²) in [5.74, 6) is 2.42. The molecule has 0 spiro atoms. The minimum Gasteiger partial charge on any atom is -1.00 e. The maximum absolute atomic E-state index is 2.39. The minimum absolute atomic E-state index is 0. The average molecular weight is 647 g/mol. The van der Waals surface area contributed by atoms with Gasteiger partial charge in [0.25, 0.3) is 0 Å². The molecule has 0 aliphatic carbocycles. The molecule has 4 rings (SSSR count). The number of aryl methyl sites for hydroxylation is 2. The van der Waals surface area contributed by atoms with E-state index in [4.69, 9.17) is 0 Å². The molecule has 0 bridgehead atoms. The monoisotopic (exact) mass is 644 g/mol. The standard InChI is InChI=1S/2C16H21.C2H6Si.2ClH.Zr/c2*1-10(2)13-8-14-6-12(5)7-16(14)15(9-13)11(3)4;1-3-2;;;/h2*6-11H,1-5H3;1-2H3;2*1H;/q2*-1;;;;+4/p-2. The second kappa shape index (κ2) is 17.9. The summed E-state index contributed by atoms with van der Waals surface area (Å²) < 4.78 is 0. The number of hydrogen-bond donors (Lipinski definition) is 0. The van der Waals surface area contributed by atoms with E-state index in [1.54, 1.807) is 0 Å². The Morgan fingerprint density at radius 3 is 1.05 bits per heavy atom. The van der Waals surface area contributed by atoms with Crippen LogP contribution >= 0.6 is 0 Å². The molecule has 0 saturated carbocycles. The van der Waals surface area contributed by atoms with Crippen LogP contribution in [0.4, 0.5) is 0 Å². The number of hydrogen-bond acceptors (Lipinski definition) is 0. The van der Waals surface area contributed by atoms with Crippen molar-refractivity contribution in [2.45, 2.75) is 106 Å². The zero-order valence-electron chi connectivity index (χ0n) is 25.7. The third-order valence-corrected chi connectivity index (χ3v) is 6.62. The van der Waals surface area contributed by atoms with Crippen molar-refractivity contribution in [3.05, 3.63) is 81.9 Å². The van der Waals surface area contributed by atoms with Crippen molar-refractivity contribution >= 4 is 31.1 Å². The van der Waals surface area contributed by atoms with Crippen LogP contribution in [0.3, 0.4) is 0 Å². The van der Waals surface area contributed by atoms with E-state index in [0.29, 0.717) is 23.7 Å². The third-order valence-electron chi connectivity index (χ3n) is 6.62. The van der Waals surface area contributed by atoms with Gasteiger partial charge < -0.3 is 24.8 Å². The van der Waals surface area contributed by atoms with Gasteiger partial charge in [0, 0.05) is 9.52 Å². The van der Waals surface area contributed by atoms with Crippen LogP contribution in [0, 0.1) is 13.8 Å². The number of fused-ring (bicyclic) bond motifs is 2. The summed E-state index contributed by atoms with van der Waals surface area (Å²) in [4.78, 5) is 0. The van der Waals surface area contributed by atoms with Gasteiger partial charge in [0.2, 0.25) is 0 Å². The first-order valence-corrected chi connectivity index (χ1v) is 15.4. The Kier molecular flexibility index (Phi) is 18.6. The fourth-order valence-corrected chi connectivity index (χ4v) is 4.67. The third kappa shape index (κ3) is 10.4. The predicted molar refractivity (Wildman–Crippen MR) is 162 cm³/mol. The minimum atomic E-state index is 0. The first-order valence-electron chi connectivity index (χ1n) is 13.4. The Hall–Kier alpha value is -0.660. The maximum Gasteiger partial charge on any atom is 4.00 e. The van der Waals surface area contributed by atoms with Gasteiger partial charge in [-0.05, 0) is 23.7 Å². The van der Waals surface area contributed by atoms with Crippen LogP contribution < -0.4 is 24.8 Å². The first kappa shape index (κ1) is 39.5. The van der Waals surface area contributed by atoms with E-state index in [2.05, 4.69) is 131 Å².